The molecule has 0 bridgehead atoms. The number of pyridine rings is 1. The predicted molar refractivity (Wildman–Crippen MR) is 86.8 cm³/mol. The van der Waals surface area contributed by atoms with Gasteiger partial charge in [-0.05, 0) is 29.8 Å². The van der Waals surface area contributed by atoms with Gasteiger partial charge >= 0.3 is 5.97 Å². The van der Waals surface area contributed by atoms with Gasteiger partial charge in [0, 0.05) is 23.8 Å². The lowest BCUT2D eigenvalue weighted by atomic mass is 10.1. The fourth-order valence-corrected chi connectivity index (χ4v) is 2.41. The summed E-state index contributed by atoms with van der Waals surface area (Å²) in [6.45, 7) is 0.505. The maximum atomic E-state index is 13.9. The summed E-state index contributed by atoms with van der Waals surface area (Å²) >= 11 is 0. The van der Waals surface area contributed by atoms with Crippen molar-refractivity contribution >= 4 is 22.6 Å². The molecule has 0 saturated heterocycles. The molecule has 1 aromatic heterocycles. The van der Waals surface area contributed by atoms with E-state index in [-0.39, 0.29) is 5.56 Å². The van der Waals surface area contributed by atoms with E-state index >= 15 is 0 Å². The summed E-state index contributed by atoms with van der Waals surface area (Å²) in [5, 5.41) is 4.20. The summed E-state index contributed by atoms with van der Waals surface area (Å²) in [6, 6.07) is 14.2. The van der Waals surface area contributed by atoms with Gasteiger partial charge in [-0.1, -0.05) is 24.3 Å². The molecular weight excluding hydrogens is 295 g/mol. The van der Waals surface area contributed by atoms with Crippen LogP contribution in [0.5, 0.6) is 0 Å². The second kappa shape index (κ2) is 6.44. The Kier molecular flexibility index (Phi) is 4.19. The molecule has 0 aliphatic rings. The van der Waals surface area contributed by atoms with E-state index < -0.39 is 11.8 Å². The Morgan fingerprint density at radius 3 is 2.83 bits per heavy atom. The highest BCUT2D eigenvalue weighted by molar-refractivity contribution is 5.90. The van der Waals surface area contributed by atoms with Crippen molar-refractivity contribution in [2.75, 3.05) is 12.4 Å². The molecule has 0 atom stereocenters. The lowest BCUT2D eigenvalue weighted by molar-refractivity contribution is 0.0595. The molecular formula is C18H15FN2O2. The first-order valence-corrected chi connectivity index (χ1v) is 7.13. The van der Waals surface area contributed by atoms with E-state index in [0.717, 1.165) is 16.5 Å². The van der Waals surface area contributed by atoms with Crippen molar-refractivity contribution in [2.24, 2.45) is 0 Å². The molecule has 0 amide bonds. The summed E-state index contributed by atoms with van der Waals surface area (Å²) < 4.78 is 18.4. The third kappa shape index (κ3) is 3.13. The number of aromatic nitrogens is 1. The number of carbonyl (C=O) groups excluding carboxylic acids is 1. The van der Waals surface area contributed by atoms with Crippen LogP contribution in [0.15, 0.2) is 54.7 Å². The topological polar surface area (TPSA) is 51.2 Å². The van der Waals surface area contributed by atoms with E-state index in [1.807, 2.05) is 30.3 Å². The average molecular weight is 310 g/mol. The maximum Gasteiger partial charge on any atom is 0.340 e. The number of rotatable bonds is 4. The Morgan fingerprint density at radius 2 is 2.04 bits per heavy atom. The van der Waals surface area contributed by atoms with Gasteiger partial charge in [-0.25, -0.2) is 9.18 Å². The predicted octanol–water partition coefficient (Wildman–Crippen LogP) is 3.77. The van der Waals surface area contributed by atoms with Gasteiger partial charge in [0.05, 0.1) is 18.2 Å². The Bertz CT molecular complexity index is 859. The Balaban J connectivity index is 1.80. The van der Waals surface area contributed by atoms with Crippen molar-refractivity contribution in [3.8, 4) is 0 Å². The largest absolute Gasteiger partial charge is 0.465 e. The molecule has 0 aliphatic heterocycles. The fourth-order valence-electron chi connectivity index (χ4n) is 2.41. The molecule has 2 aromatic carbocycles. The van der Waals surface area contributed by atoms with Gasteiger partial charge in [-0.3, -0.25) is 4.98 Å². The molecule has 116 valence electrons. The number of ether oxygens (including phenoxy) is 1. The first-order chi connectivity index (χ1) is 11.2. The van der Waals surface area contributed by atoms with Gasteiger partial charge in [-0.15, -0.1) is 0 Å². The van der Waals surface area contributed by atoms with Crippen LogP contribution in [0, 0.1) is 5.82 Å². The van der Waals surface area contributed by atoms with Gasteiger partial charge in [0.1, 0.15) is 5.82 Å². The molecule has 0 saturated carbocycles. The second-order valence-electron chi connectivity index (χ2n) is 5.03. The average Bonchev–Trinajstić information content (AvgIpc) is 2.59. The Labute approximate surface area is 132 Å². The quantitative estimate of drug-likeness (QED) is 0.745. The summed E-state index contributed by atoms with van der Waals surface area (Å²) in [6.07, 6.45) is 1.75. The number of benzene rings is 2. The lowest BCUT2D eigenvalue weighted by Crippen LogP contribution is -2.06. The number of para-hydroxylation sites is 1. The first-order valence-electron chi connectivity index (χ1n) is 7.13. The minimum absolute atomic E-state index is 0.0788. The first kappa shape index (κ1) is 15.0. The van der Waals surface area contributed by atoms with Gasteiger partial charge in [0.25, 0.3) is 0 Å². The van der Waals surface area contributed by atoms with Gasteiger partial charge in [-0.2, -0.15) is 0 Å². The van der Waals surface area contributed by atoms with E-state index in [0.29, 0.717) is 12.2 Å². The normalized spacial score (nSPS) is 10.5. The van der Waals surface area contributed by atoms with E-state index in [1.165, 1.54) is 19.2 Å². The minimum Gasteiger partial charge on any atom is -0.465 e. The monoisotopic (exact) mass is 310 g/mol. The second-order valence-corrected chi connectivity index (χ2v) is 5.03. The number of hydrogen-bond acceptors (Lipinski definition) is 4. The van der Waals surface area contributed by atoms with Crippen LogP contribution in [-0.2, 0) is 11.3 Å². The van der Waals surface area contributed by atoms with Crippen molar-refractivity contribution in [2.45, 2.75) is 6.54 Å². The summed E-state index contributed by atoms with van der Waals surface area (Å²) in [5.41, 5.74) is 2.43. The smallest absolute Gasteiger partial charge is 0.340 e. The molecule has 4 nitrogen and oxygen atoms in total. The van der Waals surface area contributed by atoms with Crippen LogP contribution >= 0.6 is 0 Å². The molecule has 3 rings (SSSR count). The molecule has 3 aromatic rings. The van der Waals surface area contributed by atoms with E-state index in [4.69, 9.17) is 0 Å². The summed E-state index contributed by atoms with van der Waals surface area (Å²) in [5.74, 6) is -1.30. The number of anilines is 1. The highest BCUT2D eigenvalue weighted by Gasteiger charge is 2.12. The van der Waals surface area contributed by atoms with Crippen LogP contribution in [0.1, 0.15) is 15.9 Å². The van der Waals surface area contributed by atoms with Gasteiger partial charge in [0.2, 0.25) is 0 Å². The van der Waals surface area contributed by atoms with Crippen molar-refractivity contribution in [3.63, 3.8) is 0 Å². The van der Waals surface area contributed by atoms with Crippen molar-refractivity contribution < 1.29 is 13.9 Å². The number of fused-ring (bicyclic) bond motifs is 1. The minimum atomic E-state index is -0.688. The highest BCUT2D eigenvalue weighted by atomic mass is 19.1. The molecule has 5 heteroatoms. The molecule has 0 spiro atoms. The number of methoxy groups -OCH3 is 1. The van der Waals surface area contributed by atoms with Crippen LogP contribution < -0.4 is 5.32 Å². The van der Waals surface area contributed by atoms with Crippen molar-refractivity contribution in [3.05, 3.63) is 71.7 Å². The molecule has 0 aliphatic carbocycles. The third-order valence-electron chi connectivity index (χ3n) is 3.57. The number of esters is 1. The maximum absolute atomic E-state index is 13.9. The SMILES string of the molecule is COC(=O)c1ccc(NCc2cccc3cccnc23)cc1F. The van der Waals surface area contributed by atoms with Crippen molar-refractivity contribution in [1.82, 2.24) is 4.98 Å². The lowest BCUT2D eigenvalue weighted by Gasteiger charge is -2.10. The third-order valence-corrected chi connectivity index (χ3v) is 3.57. The molecule has 0 unspecified atom stereocenters. The zero-order valence-corrected chi connectivity index (χ0v) is 12.5. The molecule has 0 fully saturated rings. The van der Waals surface area contributed by atoms with E-state index in [1.54, 1.807) is 12.3 Å². The van der Waals surface area contributed by atoms with Crippen LogP contribution in [0.3, 0.4) is 0 Å². The number of hydrogen-bond donors (Lipinski definition) is 1. The molecule has 1 heterocycles. The molecule has 23 heavy (non-hydrogen) atoms. The van der Waals surface area contributed by atoms with Gasteiger partial charge in [0.15, 0.2) is 0 Å². The Morgan fingerprint density at radius 1 is 1.22 bits per heavy atom. The van der Waals surface area contributed by atoms with Crippen LogP contribution in [0.25, 0.3) is 10.9 Å². The van der Waals surface area contributed by atoms with Crippen LogP contribution in [0.4, 0.5) is 10.1 Å². The summed E-state index contributed by atoms with van der Waals surface area (Å²) in [7, 11) is 1.22. The number of nitrogens with zero attached hydrogens (tertiary/aromatic N) is 1. The molecule has 0 radical (unpaired) electrons. The van der Waals surface area contributed by atoms with Crippen LogP contribution in [-0.4, -0.2) is 18.1 Å². The zero-order valence-electron chi connectivity index (χ0n) is 12.5. The Hall–Kier alpha value is -2.95. The standard InChI is InChI=1S/C18H15FN2O2/c1-23-18(22)15-8-7-14(10-16(15)19)21-11-13-5-2-4-12-6-3-9-20-17(12)13/h2-10,21H,11H2,1H3. The number of carbonyl (C=O) groups is 1. The fraction of sp³-hybridized carbons (Fsp3) is 0.111. The van der Waals surface area contributed by atoms with E-state index in [9.17, 15) is 9.18 Å². The number of nitrogens with one attached hydrogen (secondary N) is 1. The van der Waals surface area contributed by atoms with Crippen molar-refractivity contribution in [1.29, 1.82) is 0 Å². The highest BCUT2D eigenvalue weighted by Crippen LogP contribution is 2.19. The van der Waals surface area contributed by atoms with Crippen LogP contribution in [0.2, 0.25) is 0 Å². The zero-order chi connectivity index (χ0) is 16.2. The summed E-state index contributed by atoms with van der Waals surface area (Å²) in [4.78, 5) is 15.8. The van der Waals surface area contributed by atoms with E-state index in [2.05, 4.69) is 15.0 Å². The number of halogens is 1. The molecule has 1 N–H and O–H groups in total. The van der Waals surface area contributed by atoms with Gasteiger partial charge < -0.3 is 10.1 Å².